The van der Waals surface area contributed by atoms with Crippen LogP contribution in [0.25, 0.3) is 0 Å². The van der Waals surface area contributed by atoms with Crippen molar-refractivity contribution < 1.29 is 13.2 Å². The summed E-state index contributed by atoms with van der Waals surface area (Å²) < 4.78 is 25.1. The highest BCUT2D eigenvalue weighted by Crippen LogP contribution is 2.30. The van der Waals surface area contributed by atoms with Crippen LogP contribution in [0.5, 0.6) is 0 Å². The number of aryl methyl sites for hydroxylation is 2. The highest BCUT2D eigenvalue weighted by molar-refractivity contribution is 7.92. The summed E-state index contributed by atoms with van der Waals surface area (Å²) in [6.07, 6.45) is 6.89. The third kappa shape index (κ3) is 4.88. The van der Waals surface area contributed by atoms with E-state index in [4.69, 9.17) is 0 Å². The van der Waals surface area contributed by atoms with Crippen LogP contribution in [0.15, 0.2) is 35.4 Å². The Kier molecular flexibility index (Phi) is 6.15. The predicted octanol–water partition coefficient (Wildman–Crippen LogP) is 3.19. The molecule has 1 aliphatic rings. The maximum atomic E-state index is 12.6. The van der Waals surface area contributed by atoms with Crippen molar-refractivity contribution in [2.45, 2.75) is 55.6 Å². The number of nitrogens with one attached hydrogen (secondary N) is 3. The number of carbonyl (C=O) groups is 1. The molecule has 0 saturated heterocycles. The number of hydrogen-bond donors (Lipinski definition) is 3. The number of sulfone groups is 1. The van der Waals surface area contributed by atoms with Gasteiger partial charge in [-0.1, -0.05) is 12.8 Å². The van der Waals surface area contributed by atoms with E-state index < -0.39 is 9.84 Å². The second-order valence-electron chi connectivity index (χ2n) is 6.98. The summed E-state index contributed by atoms with van der Waals surface area (Å²) in [6.45, 7) is 2.52. The fraction of sp³-hybridized carbons (Fsp3) is 0.474. The Bertz CT molecular complexity index is 869. The van der Waals surface area contributed by atoms with Crippen LogP contribution in [0, 0.1) is 6.92 Å². The van der Waals surface area contributed by atoms with Gasteiger partial charge in [0.15, 0.2) is 9.84 Å². The lowest BCUT2D eigenvalue weighted by Crippen LogP contribution is -2.29. The second-order valence-corrected chi connectivity index (χ2v) is 9.21. The van der Waals surface area contributed by atoms with Crippen LogP contribution in [0.2, 0.25) is 0 Å². The van der Waals surface area contributed by atoms with Gasteiger partial charge in [-0.25, -0.2) is 13.2 Å². The first-order valence-electron chi connectivity index (χ1n) is 9.34. The summed E-state index contributed by atoms with van der Waals surface area (Å²) in [5.74, 6) is 0. The molecule has 0 spiro atoms. The molecule has 3 rings (SSSR count). The molecule has 1 heterocycles. The second kappa shape index (κ2) is 8.56. The molecule has 146 valence electrons. The molecule has 0 unspecified atom stereocenters. The van der Waals surface area contributed by atoms with E-state index in [2.05, 4.69) is 20.8 Å². The number of amides is 2. The Balaban J connectivity index is 1.46. The summed E-state index contributed by atoms with van der Waals surface area (Å²) in [5.41, 5.74) is 2.77. The molecule has 0 bridgehead atoms. The highest BCUT2D eigenvalue weighted by atomic mass is 32.2. The van der Waals surface area contributed by atoms with Gasteiger partial charge >= 0.3 is 6.03 Å². The maximum Gasteiger partial charge on any atom is 0.319 e. The van der Waals surface area contributed by atoms with E-state index in [1.54, 1.807) is 30.5 Å². The van der Waals surface area contributed by atoms with Crippen molar-refractivity contribution in [2.24, 2.45) is 0 Å². The zero-order valence-corrected chi connectivity index (χ0v) is 16.3. The Hall–Kier alpha value is -2.35. The quantitative estimate of drug-likeness (QED) is 0.632. The molecule has 1 aliphatic carbocycles. The number of hydrogen-bond acceptors (Lipinski definition) is 4. The monoisotopic (exact) mass is 390 g/mol. The topological polar surface area (TPSA) is 104 Å². The SMILES string of the molecule is Cc1[nH]ncc1CCCNC(=O)Nc1ccc(S(=O)(=O)C2CCCC2)cc1. The fourth-order valence-corrected chi connectivity index (χ4v) is 5.26. The average Bonchev–Trinajstić information content (AvgIpc) is 3.32. The van der Waals surface area contributed by atoms with Crippen LogP contribution in [0.4, 0.5) is 10.5 Å². The van der Waals surface area contributed by atoms with Crippen molar-refractivity contribution in [3.63, 3.8) is 0 Å². The summed E-state index contributed by atoms with van der Waals surface area (Å²) in [6, 6.07) is 6.12. The number of aromatic amines is 1. The Morgan fingerprint density at radius 3 is 2.56 bits per heavy atom. The van der Waals surface area contributed by atoms with Gasteiger partial charge in [0.25, 0.3) is 0 Å². The first-order chi connectivity index (χ1) is 13.0. The van der Waals surface area contributed by atoms with Crippen molar-refractivity contribution in [3.05, 3.63) is 41.7 Å². The van der Waals surface area contributed by atoms with Crippen LogP contribution in [0.3, 0.4) is 0 Å². The lowest BCUT2D eigenvalue weighted by molar-refractivity contribution is 0.252. The number of carbonyl (C=O) groups excluding carboxylic acids is 1. The molecule has 1 fully saturated rings. The highest BCUT2D eigenvalue weighted by Gasteiger charge is 2.30. The van der Waals surface area contributed by atoms with Crippen molar-refractivity contribution >= 4 is 21.6 Å². The average molecular weight is 391 g/mol. The van der Waals surface area contributed by atoms with E-state index >= 15 is 0 Å². The van der Waals surface area contributed by atoms with Crippen molar-refractivity contribution in [1.29, 1.82) is 0 Å². The third-order valence-corrected chi connectivity index (χ3v) is 7.30. The van der Waals surface area contributed by atoms with Crippen LogP contribution < -0.4 is 10.6 Å². The number of urea groups is 1. The standard InChI is InChI=1S/C19H26N4O3S/c1-14-15(13-21-23-14)5-4-12-20-19(24)22-16-8-10-18(11-9-16)27(25,26)17-6-2-3-7-17/h8-11,13,17H,2-7,12H2,1H3,(H,21,23)(H2,20,22,24). The molecule has 2 amide bonds. The molecule has 1 saturated carbocycles. The van der Waals surface area contributed by atoms with Crippen molar-refractivity contribution in [2.75, 3.05) is 11.9 Å². The Labute approximate surface area is 159 Å². The minimum Gasteiger partial charge on any atom is -0.338 e. The zero-order valence-electron chi connectivity index (χ0n) is 15.5. The minimum atomic E-state index is -3.26. The van der Waals surface area contributed by atoms with Gasteiger partial charge in [0.2, 0.25) is 0 Å². The molecular weight excluding hydrogens is 364 g/mol. The van der Waals surface area contributed by atoms with Gasteiger partial charge in [0.05, 0.1) is 16.3 Å². The van der Waals surface area contributed by atoms with Crippen molar-refractivity contribution in [1.82, 2.24) is 15.5 Å². The smallest absolute Gasteiger partial charge is 0.319 e. The molecular formula is C19H26N4O3S. The first kappa shape index (κ1) is 19.4. The normalized spacial score (nSPS) is 15.0. The van der Waals surface area contributed by atoms with E-state index in [-0.39, 0.29) is 11.3 Å². The number of rotatable bonds is 7. The minimum absolute atomic E-state index is 0.265. The molecule has 0 radical (unpaired) electrons. The lowest BCUT2D eigenvalue weighted by Gasteiger charge is -2.12. The van der Waals surface area contributed by atoms with Gasteiger partial charge < -0.3 is 10.6 Å². The number of anilines is 1. The molecule has 27 heavy (non-hydrogen) atoms. The van der Waals surface area contributed by atoms with Crippen LogP contribution in [-0.2, 0) is 16.3 Å². The molecule has 0 aliphatic heterocycles. The van der Waals surface area contributed by atoms with Gasteiger partial charge in [-0.2, -0.15) is 5.10 Å². The van der Waals surface area contributed by atoms with Gasteiger partial charge in [0, 0.05) is 17.9 Å². The van der Waals surface area contributed by atoms with E-state index in [1.807, 2.05) is 6.92 Å². The first-order valence-corrected chi connectivity index (χ1v) is 10.9. The summed E-state index contributed by atoms with van der Waals surface area (Å²) >= 11 is 0. The fourth-order valence-electron chi connectivity index (χ4n) is 3.40. The van der Waals surface area contributed by atoms with Gasteiger partial charge in [-0.3, -0.25) is 5.10 Å². The predicted molar refractivity (Wildman–Crippen MR) is 105 cm³/mol. The van der Waals surface area contributed by atoms with Gasteiger partial charge in [-0.15, -0.1) is 0 Å². The molecule has 0 atom stereocenters. The molecule has 2 aromatic rings. The summed E-state index contributed by atoms with van der Waals surface area (Å²) in [5, 5.41) is 12.1. The van der Waals surface area contributed by atoms with Gasteiger partial charge in [-0.05, 0) is 62.4 Å². The van der Waals surface area contributed by atoms with E-state index in [9.17, 15) is 13.2 Å². The van der Waals surface area contributed by atoms with E-state index in [1.165, 1.54) is 0 Å². The Morgan fingerprint density at radius 1 is 1.22 bits per heavy atom. The number of H-pyrrole nitrogens is 1. The van der Waals surface area contributed by atoms with Crippen LogP contribution in [0.1, 0.15) is 43.4 Å². The van der Waals surface area contributed by atoms with Crippen molar-refractivity contribution in [3.8, 4) is 0 Å². The summed E-state index contributed by atoms with van der Waals surface area (Å²) in [4.78, 5) is 12.3. The number of nitrogens with zero attached hydrogens (tertiary/aromatic N) is 1. The molecule has 1 aromatic heterocycles. The number of aromatic nitrogens is 2. The molecule has 3 N–H and O–H groups in total. The van der Waals surface area contributed by atoms with Crippen LogP contribution >= 0.6 is 0 Å². The van der Waals surface area contributed by atoms with E-state index in [0.29, 0.717) is 17.1 Å². The zero-order chi connectivity index (χ0) is 19.3. The summed E-state index contributed by atoms with van der Waals surface area (Å²) in [7, 11) is -3.26. The third-order valence-electron chi connectivity index (χ3n) is 5.02. The Morgan fingerprint density at radius 2 is 1.93 bits per heavy atom. The molecule has 8 heteroatoms. The number of benzene rings is 1. The largest absolute Gasteiger partial charge is 0.338 e. The molecule has 7 nitrogen and oxygen atoms in total. The maximum absolute atomic E-state index is 12.6. The van der Waals surface area contributed by atoms with Crippen LogP contribution in [-0.4, -0.2) is 36.4 Å². The molecule has 1 aromatic carbocycles. The van der Waals surface area contributed by atoms with Gasteiger partial charge in [0.1, 0.15) is 0 Å². The lowest BCUT2D eigenvalue weighted by atomic mass is 10.1. The van der Waals surface area contributed by atoms with E-state index in [0.717, 1.165) is 49.8 Å².